The molecule has 0 aromatic carbocycles. The van der Waals surface area contributed by atoms with Crippen molar-refractivity contribution in [1.29, 1.82) is 0 Å². The Hall–Kier alpha value is -2.32. The third-order valence-corrected chi connectivity index (χ3v) is 14.5. The number of phosphoric ester groups is 1. The topological polar surface area (TPSA) is 108 Å². The van der Waals surface area contributed by atoms with E-state index in [4.69, 9.17) is 9.05 Å². The molecule has 2 N–H and O–H groups in total. The van der Waals surface area contributed by atoms with E-state index in [0.29, 0.717) is 17.4 Å². The van der Waals surface area contributed by atoms with Gasteiger partial charge in [0.2, 0.25) is 5.91 Å². The lowest BCUT2D eigenvalue weighted by Crippen LogP contribution is -2.45. The van der Waals surface area contributed by atoms with Gasteiger partial charge in [-0.3, -0.25) is 9.36 Å². The van der Waals surface area contributed by atoms with Crippen LogP contribution in [0.1, 0.15) is 271 Å². The van der Waals surface area contributed by atoms with Gasteiger partial charge in [-0.2, -0.15) is 0 Å². The van der Waals surface area contributed by atoms with Crippen molar-refractivity contribution in [3.63, 3.8) is 0 Å². The van der Waals surface area contributed by atoms with Gasteiger partial charge in [0.1, 0.15) is 13.2 Å². The van der Waals surface area contributed by atoms with E-state index in [0.717, 1.165) is 70.6 Å². The van der Waals surface area contributed by atoms with Crippen molar-refractivity contribution < 1.29 is 32.9 Å². The number of carbonyl (C=O) groups excluding carboxylic acids is 1. The minimum atomic E-state index is -4.62. The highest BCUT2D eigenvalue weighted by Crippen LogP contribution is 2.38. The number of allylic oxidation sites excluding steroid dienone is 13. The first-order valence-corrected chi connectivity index (χ1v) is 32.4. The minimum Gasteiger partial charge on any atom is -0.756 e. The first-order chi connectivity index (χ1) is 36.0. The van der Waals surface area contributed by atoms with Crippen molar-refractivity contribution in [1.82, 2.24) is 5.32 Å². The maximum Gasteiger partial charge on any atom is 0.268 e. The van der Waals surface area contributed by atoms with Crippen LogP contribution < -0.4 is 10.2 Å². The van der Waals surface area contributed by atoms with Gasteiger partial charge in [0, 0.05) is 6.42 Å². The summed E-state index contributed by atoms with van der Waals surface area (Å²) in [7, 11) is 1.23. The lowest BCUT2D eigenvalue weighted by Gasteiger charge is -2.29. The Morgan fingerprint density at radius 2 is 0.838 bits per heavy atom. The minimum absolute atomic E-state index is 0.0118. The van der Waals surface area contributed by atoms with Gasteiger partial charge in [-0.15, -0.1) is 0 Å². The summed E-state index contributed by atoms with van der Waals surface area (Å²) in [5.41, 5.74) is 0. The first-order valence-electron chi connectivity index (χ1n) is 30.9. The third-order valence-electron chi connectivity index (χ3n) is 13.6. The molecular formula is C65H119N2O6P. The van der Waals surface area contributed by atoms with E-state index in [1.807, 2.05) is 27.2 Å². The van der Waals surface area contributed by atoms with Crippen LogP contribution in [0.3, 0.4) is 0 Å². The second-order valence-electron chi connectivity index (χ2n) is 22.0. The number of likely N-dealkylation sites (N-methyl/N-ethyl adjacent to an activating group) is 1. The maximum atomic E-state index is 13.0. The fourth-order valence-corrected chi connectivity index (χ4v) is 9.49. The SMILES string of the molecule is CC/C=C\C/C=C\C/C=C\C/C=C\CCCCCCCCCCCCCCCCC(=O)NC(COP(=O)([O-])OCC[N+](C)(C)C)C(O)/C=C/CC/C=C/CC/C=C/CCCCCCCCCCCCCCCCC. The van der Waals surface area contributed by atoms with E-state index in [2.05, 4.69) is 92.1 Å². The molecule has 9 heteroatoms. The largest absolute Gasteiger partial charge is 0.756 e. The quantitative estimate of drug-likeness (QED) is 0.0272. The molecule has 0 rings (SSSR count). The van der Waals surface area contributed by atoms with E-state index in [9.17, 15) is 19.4 Å². The molecule has 0 saturated heterocycles. The zero-order valence-electron chi connectivity index (χ0n) is 49.0. The van der Waals surface area contributed by atoms with E-state index >= 15 is 0 Å². The van der Waals surface area contributed by atoms with Gasteiger partial charge in [-0.1, -0.05) is 266 Å². The fraction of sp³-hybridized carbons (Fsp3) is 0.769. The van der Waals surface area contributed by atoms with Gasteiger partial charge in [0.25, 0.3) is 7.82 Å². The van der Waals surface area contributed by atoms with Crippen LogP contribution in [-0.2, 0) is 18.4 Å². The maximum absolute atomic E-state index is 13.0. The second kappa shape index (κ2) is 55.4. The monoisotopic (exact) mass is 1050 g/mol. The Balaban J connectivity index is 4.23. The predicted molar refractivity (Wildman–Crippen MR) is 320 cm³/mol. The summed E-state index contributed by atoms with van der Waals surface area (Å²) in [6, 6.07) is -0.915. The average Bonchev–Trinajstić information content (AvgIpc) is 3.36. The van der Waals surface area contributed by atoms with E-state index < -0.39 is 26.6 Å². The lowest BCUT2D eigenvalue weighted by atomic mass is 10.0. The standard InChI is InChI=1S/C65H119N2O6P/c1-6-8-10-12-14-16-18-20-22-24-26-28-30-32-33-35-37-39-41-43-45-47-49-51-53-55-57-59-65(69)66-63(62-73-74(70,71)72-61-60-67(3,4)5)64(68)58-56-54-52-50-48-46-44-42-40-38-36-34-31-29-27-25-23-21-19-17-15-13-11-9-7-2/h8,10,14,16,20,22,26,28,40,42,48,50,56,58,63-64,68H,6-7,9,11-13,15,17-19,21,23-25,27,29-39,41,43-47,49,51-55,57,59-62H2,1-5H3,(H-,66,69,70,71)/b10-8-,16-14-,22-20-,28-26-,42-40+,50-48+,58-56+. The van der Waals surface area contributed by atoms with Gasteiger partial charge in [-0.25, -0.2) is 0 Å². The molecule has 8 nitrogen and oxygen atoms in total. The molecule has 0 aliphatic carbocycles. The number of rotatable bonds is 56. The number of unbranched alkanes of at least 4 members (excludes halogenated alkanes) is 31. The molecule has 0 aromatic rings. The number of nitrogens with one attached hydrogen (secondary N) is 1. The molecular weight excluding hydrogens is 936 g/mol. The van der Waals surface area contributed by atoms with E-state index in [1.54, 1.807) is 6.08 Å². The number of aliphatic hydroxyl groups excluding tert-OH is 1. The van der Waals surface area contributed by atoms with Crippen LogP contribution in [0, 0.1) is 0 Å². The van der Waals surface area contributed by atoms with E-state index in [-0.39, 0.29) is 12.5 Å². The number of nitrogens with zero attached hydrogens (tertiary/aromatic N) is 1. The second-order valence-corrected chi connectivity index (χ2v) is 23.4. The van der Waals surface area contributed by atoms with Crippen LogP contribution >= 0.6 is 7.82 Å². The van der Waals surface area contributed by atoms with Crippen molar-refractivity contribution in [3.05, 3.63) is 85.1 Å². The third kappa shape index (κ3) is 57.4. The summed E-state index contributed by atoms with van der Waals surface area (Å²) in [5, 5.41) is 13.9. The van der Waals surface area contributed by atoms with Crippen LogP contribution in [0.5, 0.6) is 0 Å². The highest BCUT2D eigenvalue weighted by Gasteiger charge is 2.23. The summed E-state index contributed by atoms with van der Waals surface area (Å²) >= 11 is 0. The Bertz CT molecular complexity index is 1480. The summed E-state index contributed by atoms with van der Waals surface area (Å²) in [4.78, 5) is 25.5. The number of hydrogen-bond acceptors (Lipinski definition) is 6. The van der Waals surface area contributed by atoms with Gasteiger partial charge in [0.05, 0.1) is 39.9 Å². The number of phosphoric acid groups is 1. The Morgan fingerprint density at radius 3 is 1.26 bits per heavy atom. The van der Waals surface area contributed by atoms with Gasteiger partial charge in [0.15, 0.2) is 0 Å². The zero-order chi connectivity index (χ0) is 54.2. The van der Waals surface area contributed by atoms with E-state index in [1.165, 1.54) is 180 Å². The molecule has 1 amide bonds. The number of carbonyl (C=O) groups is 1. The zero-order valence-corrected chi connectivity index (χ0v) is 49.9. The molecule has 0 heterocycles. The summed E-state index contributed by atoms with van der Waals surface area (Å²) < 4.78 is 23.4. The Kier molecular flexibility index (Phi) is 53.7. The van der Waals surface area contributed by atoms with Gasteiger partial charge < -0.3 is 28.8 Å². The molecule has 430 valence electrons. The fourth-order valence-electron chi connectivity index (χ4n) is 8.77. The van der Waals surface area contributed by atoms with Gasteiger partial charge in [-0.05, 0) is 83.5 Å². The molecule has 0 bridgehead atoms. The first kappa shape index (κ1) is 71.7. The number of quaternary nitrogens is 1. The molecule has 3 atom stereocenters. The Labute approximate surface area is 458 Å². The average molecular weight is 1060 g/mol. The van der Waals surface area contributed by atoms with Crippen LogP contribution in [0.2, 0.25) is 0 Å². The molecule has 74 heavy (non-hydrogen) atoms. The summed E-state index contributed by atoms with van der Waals surface area (Å²) in [6.07, 6.45) is 78.2. The molecule has 0 fully saturated rings. The van der Waals surface area contributed by atoms with Crippen LogP contribution in [0.25, 0.3) is 0 Å². The molecule has 0 saturated carbocycles. The predicted octanol–water partition coefficient (Wildman–Crippen LogP) is 18.6. The molecule has 0 aliphatic rings. The van der Waals surface area contributed by atoms with Crippen LogP contribution in [0.15, 0.2) is 85.1 Å². The smallest absolute Gasteiger partial charge is 0.268 e. The van der Waals surface area contributed by atoms with Crippen molar-refractivity contribution in [2.24, 2.45) is 0 Å². The normalized spacial score (nSPS) is 14.4. The number of hydrogen-bond donors (Lipinski definition) is 2. The molecule has 0 spiro atoms. The van der Waals surface area contributed by atoms with Gasteiger partial charge >= 0.3 is 0 Å². The lowest BCUT2D eigenvalue weighted by molar-refractivity contribution is -0.870. The number of amides is 1. The summed E-state index contributed by atoms with van der Waals surface area (Å²) in [5.74, 6) is -0.213. The summed E-state index contributed by atoms with van der Waals surface area (Å²) in [6.45, 7) is 4.53. The molecule has 0 aliphatic heterocycles. The van der Waals surface area contributed by atoms with Crippen LogP contribution in [-0.4, -0.2) is 68.5 Å². The molecule has 0 radical (unpaired) electrons. The Morgan fingerprint density at radius 1 is 0.486 bits per heavy atom. The highest BCUT2D eigenvalue weighted by atomic mass is 31.2. The number of aliphatic hydroxyl groups is 1. The van der Waals surface area contributed by atoms with Crippen molar-refractivity contribution in [2.75, 3.05) is 40.9 Å². The van der Waals surface area contributed by atoms with Crippen molar-refractivity contribution in [2.45, 2.75) is 283 Å². The molecule has 0 aromatic heterocycles. The van der Waals surface area contributed by atoms with Crippen LogP contribution in [0.4, 0.5) is 0 Å². The van der Waals surface area contributed by atoms with Crippen molar-refractivity contribution >= 4 is 13.7 Å². The van der Waals surface area contributed by atoms with Crippen molar-refractivity contribution in [3.8, 4) is 0 Å². The highest BCUT2D eigenvalue weighted by molar-refractivity contribution is 7.45. The molecule has 3 unspecified atom stereocenters.